The quantitative estimate of drug-likeness (QED) is 0.542. The van der Waals surface area contributed by atoms with Crippen molar-refractivity contribution in [2.75, 3.05) is 0 Å². The van der Waals surface area contributed by atoms with Crippen LogP contribution in [0.1, 0.15) is 0 Å². The Morgan fingerprint density at radius 1 is 1.22 bits per heavy atom. The first-order valence-corrected chi connectivity index (χ1v) is 4.02. The SMILES string of the molecule is C=c1sc(S)c(S)c1=C. The van der Waals surface area contributed by atoms with E-state index < -0.39 is 0 Å². The summed E-state index contributed by atoms with van der Waals surface area (Å²) < 4.78 is 1.85. The third kappa shape index (κ3) is 1.18. The average Bonchev–Trinajstić information content (AvgIpc) is 1.98. The molecule has 0 aromatic carbocycles. The topological polar surface area (TPSA) is 0 Å². The highest BCUT2D eigenvalue weighted by Gasteiger charge is 1.96. The van der Waals surface area contributed by atoms with Crippen LogP contribution in [-0.2, 0) is 0 Å². The molecule has 0 unspecified atom stereocenters. The van der Waals surface area contributed by atoms with Gasteiger partial charge in [-0.1, -0.05) is 13.2 Å². The molecule has 0 amide bonds. The average molecular weight is 174 g/mol. The van der Waals surface area contributed by atoms with Gasteiger partial charge in [-0.25, -0.2) is 0 Å². The van der Waals surface area contributed by atoms with E-state index in [1.165, 1.54) is 11.3 Å². The van der Waals surface area contributed by atoms with E-state index in [0.29, 0.717) is 0 Å². The van der Waals surface area contributed by atoms with Gasteiger partial charge in [0, 0.05) is 9.43 Å². The van der Waals surface area contributed by atoms with Gasteiger partial charge in [-0.05, 0) is 5.22 Å². The zero-order valence-electron chi connectivity index (χ0n) is 4.72. The summed E-state index contributed by atoms with van der Waals surface area (Å²) in [4.78, 5) is 0.855. The van der Waals surface area contributed by atoms with E-state index in [9.17, 15) is 0 Å². The first-order valence-electron chi connectivity index (χ1n) is 2.31. The Kier molecular flexibility index (Phi) is 1.94. The molecule has 0 nitrogen and oxygen atoms in total. The second-order valence-electron chi connectivity index (χ2n) is 1.66. The van der Waals surface area contributed by atoms with E-state index in [2.05, 4.69) is 38.4 Å². The minimum absolute atomic E-state index is 0.855. The van der Waals surface area contributed by atoms with E-state index in [1.54, 1.807) is 0 Å². The highest BCUT2D eigenvalue weighted by molar-refractivity contribution is 7.85. The zero-order chi connectivity index (χ0) is 7.02. The fraction of sp³-hybridized carbons (Fsp3) is 0. The lowest BCUT2D eigenvalue weighted by molar-refractivity contribution is 1.36. The third-order valence-electron chi connectivity index (χ3n) is 1.04. The smallest absolute Gasteiger partial charge is 0.0713 e. The van der Waals surface area contributed by atoms with Crippen LogP contribution in [0.5, 0.6) is 0 Å². The maximum atomic E-state index is 4.16. The first kappa shape index (κ1) is 7.25. The van der Waals surface area contributed by atoms with Gasteiger partial charge in [0.1, 0.15) is 0 Å². The normalized spacial score (nSPS) is 10.0. The number of rotatable bonds is 0. The summed E-state index contributed by atoms with van der Waals surface area (Å²) in [7, 11) is 0. The molecule has 0 saturated heterocycles. The zero-order valence-corrected chi connectivity index (χ0v) is 7.32. The van der Waals surface area contributed by atoms with Crippen LogP contribution >= 0.6 is 36.6 Å². The molecule has 0 fully saturated rings. The molecule has 0 aliphatic heterocycles. The molecule has 0 spiro atoms. The van der Waals surface area contributed by atoms with Gasteiger partial charge in [0.15, 0.2) is 0 Å². The molecule has 1 aromatic heterocycles. The van der Waals surface area contributed by atoms with E-state index in [0.717, 1.165) is 18.9 Å². The molecule has 0 radical (unpaired) electrons. The van der Waals surface area contributed by atoms with Gasteiger partial charge in [-0.2, -0.15) is 0 Å². The van der Waals surface area contributed by atoms with Crippen molar-refractivity contribution in [2.45, 2.75) is 9.10 Å². The van der Waals surface area contributed by atoms with Gasteiger partial charge in [0.25, 0.3) is 0 Å². The van der Waals surface area contributed by atoms with Crippen LogP contribution in [0.25, 0.3) is 13.2 Å². The van der Waals surface area contributed by atoms with Gasteiger partial charge < -0.3 is 0 Å². The minimum Gasteiger partial charge on any atom is -0.141 e. The molecule has 1 aromatic rings. The molecule has 48 valence electrons. The Morgan fingerprint density at radius 3 is 1.89 bits per heavy atom. The van der Waals surface area contributed by atoms with Crippen molar-refractivity contribution >= 4 is 49.8 Å². The van der Waals surface area contributed by atoms with Crippen LogP contribution in [0.15, 0.2) is 9.10 Å². The van der Waals surface area contributed by atoms with Gasteiger partial charge in [-0.15, -0.1) is 36.6 Å². The second-order valence-corrected chi connectivity index (χ2v) is 3.96. The highest BCUT2D eigenvalue weighted by atomic mass is 32.2. The Bertz CT molecular complexity index is 310. The van der Waals surface area contributed by atoms with Crippen molar-refractivity contribution in [2.24, 2.45) is 0 Å². The van der Waals surface area contributed by atoms with Crippen molar-refractivity contribution in [1.82, 2.24) is 0 Å². The highest BCUT2D eigenvalue weighted by Crippen LogP contribution is 2.15. The Labute approximate surface area is 68.7 Å². The van der Waals surface area contributed by atoms with Crippen LogP contribution in [-0.4, -0.2) is 0 Å². The number of thiol groups is 2. The lowest BCUT2D eigenvalue weighted by atomic mass is 10.5. The number of thiophene rings is 1. The van der Waals surface area contributed by atoms with Gasteiger partial charge >= 0.3 is 0 Å². The molecule has 0 bridgehead atoms. The Morgan fingerprint density at radius 2 is 1.78 bits per heavy atom. The van der Waals surface area contributed by atoms with Crippen molar-refractivity contribution in [3.63, 3.8) is 0 Å². The molecular weight excluding hydrogens is 168 g/mol. The predicted molar refractivity (Wildman–Crippen MR) is 49.1 cm³/mol. The maximum absolute atomic E-state index is 4.16. The van der Waals surface area contributed by atoms with Crippen molar-refractivity contribution in [1.29, 1.82) is 0 Å². The summed E-state index contributed by atoms with van der Waals surface area (Å²) in [5.74, 6) is 0. The lowest BCUT2D eigenvalue weighted by Gasteiger charge is -1.79. The molecule has 9 heavy (non-hydrogen) atoms. The summed E-state index contributed by atoms with van der Waals surface area (Å²) in [5, 5.41) is 0.897. The summed E-state index contributed by atoms with van der Waals surface area (Å²) in [5.41, 5.74) is 0. The summed E-state index contributed by atoms with van der Waals surface area (Å²) in [6.07, 6.45) is 0. The molecule has 1 heterocycles. The van der Waals surface area contributed by atoms with E-state index >= 15 is 0 Å². The molecule has 0 atom stereocenters. The fourth-order valence-corrected chi connectivity index (χ4v) is 1.98. The molecule has 3 heteroatoms. The van der Waals surface area contributed by atoms with Crippen LogP contribution in [0.3, 0.4) is 0 Å². The molecule has 1 rings (SSSR count). The van der Waals surface area contributed by atoms with Gasteiger partial charge in [0.2, 0.25) is 0 Å². The molecule has 0 N–H and O–H groups in total. The standard InChI is InChI=1S/C6H6S3/c1-3-4(2)9-6(8)5(3)7/h7-8H,1-2H2. The largest absolute Gasteiger partial charge is 0.141 e. The van der Waals surface area contributed by atoms with Crippen molar-refractivity contribution < 1.29 is 0 Å². The van der Waals surface area contributed by atoms with Crippen molar-refractivity contribution in [3.05, 3.63) is 9.75 Å². The van der Waals surface area contributed by atoms with Crippen molar-refractivity contribution in [3.8, 4) is 0 Å². The fourth-order valence-electron chi connectivity index (χ4n) is 0.488. The number of hydrogen-bond acceptors (Lipinski definition) is 3. The maximum Gasteiger partial charge on any atom is 0.0713 e. The summed E-state index contributed by atoms with van der Waals surface area (Å²) in [6.45, 7) is 7.52. The van der Waals surface area contributed by atoms with Gasteiger partial charge in [0.05, 0.1) is 4.21 Å². The third-order valence-corrected chi connectivity index (χ3v) is 3.25. The Balaban J connectivity index is 3.68. The van der Waals surface area contributed by atoms with E-state index in [4.69, 9.17) is 0 Å². The van der Waals surface area contributed by atoms with E-state index in [1.807, 2.05) is 0 Å². The Hall–Kier alpha value is 0.140. The van der Waals surface area contributed by atoms with Crippen LogP contribution in [0, 0.1) is 0 Å². The molecular formula is C6H6S3. The molecule has 0 saturated carbocycles. The summed E-state index contributed by atoms with van der Waals surface area (Å²) in [6, 6.07) is 0. The lowest BCUT2D eigenvalue weighted by Crippen LogP contribution is -2.14. The monoisotopic (exact) mass is 174 g/mol. The van der Waals surface area contributed by atoms with E-state index in [-0.39, 0.29) is 0 Å². The minimum atomic E-state index is 0.855. The molecule has 0 aliphatic rings. The van der Waals surface area contributed by atoms with Crippen LogP contribution < -0.4 is 9.75 Å². The summed E-state index contributed by atoms with van der Waals surface area (Å²) >= 11 is 9.82. The van der Waals surface area contributed by atoms with Crippen LogP contribution in [0.2, 0.25) is 0 Å². The van der Waals surface area contributed by atoms with Crippen LogP contribution in [0.4, 0.5) is 0 Å². The predicted octanol–water partition coefficient (Wildman–Crippen LogP) is 1.15. The molecule has 0 aliphatic carbocycles. The number of hydrogen-bond donors (Lipinski definition) is 2. The van der Waals surface area contributed by atoms with Gasteiger partial charge in [-0.3, -0.25) is 0 Å². The second kappa shape index (κ2) is 2.40. The first-order chi connectivity index (χ1) is 4.13.